The molecule has 0 unspecified atom stereocenters. The SMILES string of the molecule is [N-]=[N+]=Nc1nc2c(NCc3ccco3)nc(Cl)nc2[nH]1. The predicted octanol–water partition coefficient (Wildman–Crippen LogP) is 3.15. The fourth-order valence-electron chi connectivity index (χ4n) is 1.66. The van der Waals surface area contributed by atoms with Crippen molar-refractivity contribution in [2.45, 2.75) is 6.54 Å². The molecule has 0 spiro atoms. The summed E-state index contributed by atoms with van der Waals surface area (Å²) in [7, 11) is 0. The van der Waals surface area contributed by atoms with E-state index in [2.05, 4.69) is 35.3 Å². The van der Waals surface area contributed by atoms with Gasteiger partial charge in [-0.05, 0) is 34.4 Å². The molecule has 0 aliphatic carbocycles. The van der Waals surface area contributed by atoms with E-state index < -0.39 is 0 Å². The van der Waals surface area contributed by atoms with Gasteiger partial charge in [-0.3, -0.25) is 0 Å². The van der Waals surface area contributed by atoms with Gasteiger partial charge in [-0.2, -0.15) is 9.97 Å². The van der Waals surface area contributed by atoms with Crippen LogP contribution in [0.3, 0.4) is 0 Å². The van der Waals surface area contributed by atoms with Crippen molar-refractivity contribution in [2.75, 3.05) is 5.32 Å². The normalized spacial score (nSPS) is 10.4. The summed E-state index contributed by atoms with van der Waals surface area (Å²) in [6, 6.07) is 3.61. The second-order valence-corrected chi connectivity index (χ2v) is 4.06. The second-order valence-electron chi connectivity index (χ2n) is 3.72. The second kappa shape index (κ2) is 5.08. The van der Waals surface area contributed by atoms with E-state index in [-0.39, 0.29) is 11.2 Å². The molecule has 0 saturated carbocycles. The molecule has 0 radical (unpaired) electrons. The molecular weight excluding hydrogens is 284 g/mol. The van der Waals surface area contributed by atoms with E-state index in [4.69, 9.17) is 21.5 Å². The van der Waals surface area contributed by atoms with Crippen LogP contribution in [0.2, 0.25) is 5.28 Å². The molecule has 20 heavy (non-hydrogen) atoms. The van der Waals surface area contributed by atoms with E-state index >= 15 is 0 Å². The summed E-state index contributed by atoms with van der Waals surface area (Å²) in [5.41, 5.74) is 9.22. The summed E-state index contributed by atoms with van der Waals surface area (Å²) in [4.78, 5) is 17.5. The highest BCUT2D eigenvalue weighted by molar-refractivity contribution is 6.28. The first kappa shape index (κ1) is 12.3. The Kier molecular flexibility index (Phi) is 3.12. The van der Waals surface area contributed by atoms with Gasteiger partial charge < -0.3 is 14.7 Å². The zero-order valence-electron chi connectivity index (χ0n) is 9.91. The molecule has 3 rings (SSSR count). The fourth-order valence-corrected chi connectivity index (χ4v) is 1.83. The van der Waals surface area contributed by atoms with Crippen LogP contribution >= 0.6 is 11.6 Å². The monoisotopic (exact) mass is 290 g/mol. The molecule has 0 bridgehead atoms. The van der Waals surface area contributed by atoms with Gasteiger partial charge in [0.1, 0.15) is 5.76 Å². The van der Waals surface area contributed by atoms with E-state index in [1.165, 1.54) is 0 Å². The minimum Gasteiger partial charge on any atom is -0.467 e. The number of azide groups is 1. The molecule has 0 atom stereocenters. The van der Waals surface area contributed by atoms with E-state index in [0.29, 0.717) is 23.5 Å². The van der Waals surface area contributed by atoms with E-state index in [9.17, 15) is 0 Å². The van der Waals surface area contributed by atoms with Crippen molar-refractivity contribution in [3.05, 3.63) is 39.9 Å². The third-order valence-electron chi connectivity index (χ3n) is 2.45. The number of fused-ring (bicyclic) bond motifs is 1. The highest BCUT2D eigenvalue weighted by atomic mass is 35.5. The number of aromatic nitrogens is 4. The van der Waals surface area contributed by atoms with Gasteiger partial charge in [0.25, 0.3) is 0 Å². The Morgan fingerprint density at radius 1 is 1.45 bits per heavy atom. The van der Waals surface area contributed by atoms with Crippen molar-refractivity contribution in [1.82, 2.24) is 19.9 Å². The first-order valence-corrected chi connectivity index (χ1v) is 5.88. The van der Waals surface area contributed by atoms with Gasteiger partial charge in [0.05, 0.1) is 12.8 Å². The average Bonchev–Trinajstić information content (AvgIpc) is 3.05. The molecule has 9 nitrogen and oxygen atoms in total. The zero-order chi connectivity index (χ0) is 13.9. The van der Waals surface area contributed by atoms with Gasteiger partial charge in [0.15, 0.2) is 22.9 Å². The van der Waals surface area contributed by atoms with Crippen molar-refractivity contribution in [3.8, 4) is 0 Å². The average molecular weight is 291 g/mol. The molecule has 3 aromatic heterocycles. The number of furan rings is 1. The Bertz CT molecular complexity index is 789. The third kappa shape index (κ3) is 2.35. The summed E-state index contributed by atoms with van der Waals surface area (Å²) < 4.78 is 5.21. The topological polar surface area (TPSA) is 128 Å². The van der Waals surface area contributed by atoms with Gasteiger partial charge in [0, 0.05) is 4.91 Å². The molecule has 0 fully saturated rings. The van der Waals surface area contributed by atoms with Crippen LogP contribution in [0.5, 0.6) is 0 Å². The standard InChI is InChI=1S/C10H7ClN8O/c11-9-15-7(13-4-5-2-1-3-20-5)6-8(16-9)17-10(14-6)18-19-12/h1-3H,4H2,(H2,13,14,15,16,17). The Labute approximate surface area is 116 Å². The Morgan fingerprint density at radius 3 is 3.10 bits per heavy atom. The van der Waals surface area contributed by atoms with Gasteiger partial charge in [0.2, 0.25) is 5.28 Å². The number of hydrogen-bond acceptors (Lipinski definition) is 6. The molecule has 100 valence electrons. The molecule has 3 aromatic rings. The van der Waals surface area contributed by atoms with Crippen LogP contribution in [0, 0.1) is 0 Å². The van der Waals surface area contributed by atoms with Gasteiger partial charge >= 0.3 is 0 Å². The van der Waals surface area contributed by atoms with Crippen molar-refractivity contribution in [1.29, 1.82) is 0 Å². The minimum absolute atomic E-state index is 0.0515. The first-order chi connectivity index (χ1) is 9.76. The number of nitrogens with zero attached hydrogens (tertiary/aromatic N) is 6. The summed E-state index contributed by atoms with van der Waals surface area (Å²) >= 11 is 5.83. The summed E-state index contributed by atoms with van der Waals surface area (Å²) in [6.07, 6.45) is 1.58. The van der Waals surface area contributed by atoms with Gasteiger partial charge in [-0.25, -0.2) is 4.98 Å². The zero-order valence-corrected chi connectivity index (χ0v) is 10.7. The van der Waals surface area contributed by atoms with E-state index in [0.717, 1.165) is 5.76 Å². The quantitative estimate of drug-likeness (QED) is 0.330. The highest BCUT2D eigenvalue weighted by Gasteiger charge is 2.11. The number of halogens is 1. The van der Waals surface area contributed by atoms with Crippen LogP contribution in [0.1, 0.15) is 5.76 Å². The number of aromatic amines is 1. The molecule has 0 saturated heterocycles. The summed E-state index contributed by atoms with van der Waals surface area (Å²) in [5, 5.41) is 6.47. The number of anilines is 1. The number of hydrogen-bond donors (Lipinski definition) is 2. The van der Waals surface area contributed by atoms with Crippen LogP contribution < -0.4 is 5.32 Å². The summed E-state index contributed by atoms with van der Waals surface area (Å²) in [6.45, 7) is 0.416. The van der Waals surface area contributed by atoms with Crippen LogP contribution in [0.4, 0.5) is 11.8 Å². The van der Waals surface area contributed by atoms with E-state index in [1.807, 2.05) is 6.07 Å². The third-order valence-corrected chi connectivity index (χ3v) is 2.62. The number of H-pyrrole nitrogens is 1. The molecule has 0 aliphatic rings. The molecule has 3 heterocycles. The lowest BCUT2D eigenvalue weighted by Gasteiger charge is -2.03. The molecule has 0 aliphatic heterocycles. The van der Waals surface area contributed by atoms with E-state index in [1.54, 1.807) is 12.3 Å². The number of imidazole rings is 1. The predicted molar refractivity (Wildman–Crippen MR) is 71.5 cm³/mol. The van der Waals surface area contributed by atoms with Crippen molar-refractivity contribution in [2.24, 2.45) is 5.11 Å². The Balaban J connectivity index is 1.97. The lowest BCUT2D eigenvalue weighted by Crippen LogP contribution is -2.02. The molecular formula is C10H7ClN8O. The van der Waals surface area contributed by atoms with Crippen LogP contribution in [0.15, 0.2) is 27.9 Å². The Morgan fingerprint density at radius 2 is 2.35 bits per heavy atom. The molecule has 10 heteroatoms. The highest BCUT2D eigenvalue weighted by Crippen LogP contribution is 2.23. The maximum atomic E-state index is 8.41. The fraction of sp³-hybridized carbons (Fsp3) is 0.100. The van der Waals surface area contributed by atoms with Crippen LogP contribution in [-0.4, -0.2) is 19.9 Å². The van der Waals surface area contributed by atoms with Crippen LogP contribution in [-0.2, 0) is 6.54 Å². The number of nitrogens with one attached hydrogen (secondary N) is 2. The summed E-state index contributed by atoms with van der Waals surface area (Å²) in [5.74, 6) is 1.26. The molecule has 0 aromatic carbocycles. The van der Waals surface area contributed by atoms with Crippen molar-refractivity contribution in [3.63, 3.8) is 0 Å². The van der Waals surface area contributed by atoms with Gasteiger partial charge in [-0.1, -0.05) is 0 Å². The maximum absolute atomic E-state index is 8.41. The first-order valence-electron chi connectivity index (χ1n) is 5.51. The largest absolute Gasteiger partial charge is 0.467 e. The smallest absolute Gasteiger partial charge is 0.226 e. The van der Waals surface area contributed by atoms with Crippen LogP contribution in [0.25, 0.3) is 21.6 Å². The lowest BCUT2D eigenvalue weighted by molar-refractivity contribution is 0.518. The molecule has 0 amide bonds. The minimum atomic E-state index is 0.0515. The lowest BCUT2D eigenvalue weighted by atomic mass is 10.4. The number of rotatable bonds is 4. The van der Waals surface area contributed by atoms with Gasteiger partial charge in [-0.15, -0.1) is 0 Å². The molecule has 2 N–H and O–H groups in total. The maximum Gasteiger partial charge on any atom is 0.226 e. The Hall–Kier alpha value is -2.77. The van der Waals surface area contributed by atoms with Crippen molar-refractivity contribution < 1.29 is 4.42 Å². The van der Waals surface area contributed by atoms with Crippen molar-refractivity contribution >= 4 is 34.5 Å².